The fourth-order valence-corrected chi connectivity index (χ4v) is 1.54. The second-order valence-electron chi connectivity index (χ2n) is 3.61. The minimum atomic E-state index is -0.705. The Bertz CT molecular complexity index is 131. The van der Waals surface area contributed by atoms with E-state index in [9.17, 15) is 5.11 Å². The van der Waals surface area contributed by atoms with Crippen LogP contribution in [0.3, 0.4) is 0 Å². The first-order valence-corrected chi connectivity index (χ1v) is 4.08. The largest absolute Gasteiger partial charge is 0.379 e. The highest BCUT2D eigenvalue weighted by Crippen LogP contribution is 2.16. The van der Waals surface area contributed by atoms with Gasteiger partial charge < -0.3 is 9.84 Å². The number of ether oxygens (including phenoxy) is 1. The molecule has 1 aliphatic heterocycles. The van der Waals surface area contributed by atoms with E-state index in [-0.39, 0.29) is 0 Å². The standard InChI is InChI=1S/C8H17NO2/c1-7-6-11-5-4-9(7)8(2,3)10/h7,10H,4-6H2,1-3H3/t7-/m0/s1. The summed E-state index contributed by atoms with van der Waals surface area (Å²) in [6.45, 7) is 7.98. The maximum atomic E-state index is 9.68. The van der Waals surface area contributed by atoms with E-state index >= 15 is 0 Å². The number of morpholine rings is 1. The van der Waals surface area contributed by atoms with Crippen LogP contribution in [0, 0.1) is 0 Å². The Hall–Kier alpha value is -0.120. The van der Waals surface area contributed by atoms with Crippen LogP contribution in [-0.4, -0.2) is 41.5 Å². The molecule has 0 saturated carbocycles. The predicted octanol–water partition coefficient (Wildman–Crippen LogP) is 0.435. The quantitative estimate of drug-likeness (QED) is 0.602. The summed E-state index contributed by atoms with van der Waals surface area (Å²) in [6.07, 6.45) is 0. The minimum Gasteiger partial charge on any atom is -0.379 e. The van der Waals surface area contributed by atoms with Gasteiger partial charge in [-0.1, -0.05) is 0 Å². The Morgan fingerprint density at radius 2 is 2.18 bits per heavy atom. The van der Waals surface area contributed by atoms with Gasteiger partial charge in [0, 0.05) is 12.6 Å². The summed E-state index contributed by atoms with van der Waals surface area (Å²) in [5.41, 5.74) is -0.705. The van der Waals surface area contributed by atoms with E-state index in [1.54, 1.807) is 0 Å². The zero-order chi connectivity index (χ0) is 8.48. The monoisotopic (exact) mass is 159 g/mol. The molecule has 0 aromatic rings. The molecule has 1 rings (SSSR count). The zero-order valence-corrected chi connectivity index (χ0v) is 7.50. The normalized spacial score (nSPS) is 28.9. The molecule has 3 heteroatoms. The maximum absolute atomic E-state index is 9.68. The molecule has 1 saturated heterocycles. The SMILES string of the molecule is C[C@H]1COCCN1C(C)(C)O. The number of hydrogen-bond acceptors (Lipinski definition) is 3. The van der Waals surface area contributed by atoms with E-state index < -0.39 is 5.72 Å². The summed E-state index contributed by atoms with van der Waals surface area (Å²) in [7, 11) is 0. The van der Waals surface area contributed by atoms with Gasteiger partial charge in [-0.05, 0) is 20.8 Å². The van der Waals surface area contributed by atoms with Crippen LogP contribution in [-0.2, 0) is 4.74 Å². The molecule has 1 atom stereocenters. The lowest BCUT2D eigenvalue weighted by molar-refractivity contribution is -0.141. The molecule has 1 N–H and O–H groups in total. The molecule has 0 bridgehead atoms. The number of nitrogens with zero attached hydrogens (tertiary/aromatic N) is 1. The fourth-order valence-electron chi connectivity index (χ4n) is 1.54. The van der Waals surface area contributed by atoms with Crippen LogP contribution in [0.4, 0.5) is 0 Å². The van der Waals surface area contributed by atoms with E-state index in [1.165, 1.54) is 0 Å². The van der Waals surface area contributed by atoms with Crippen molar-refractivity contribution in [1.29, 1.82) is 0 Å². The van der Waals surface area contributed by atoms with Gasteiger partial charge in [0.2, 0.25) is 0 Å². The van der Waals surface area contributed by atoms with Gasteiger partial charge in [0.15, 0.2) is 0 Å². The lowest BCUT2D eigenvalue weighted by Gasteiger charge is -2.41. The van der Waals surface area contributed by atoms with Crippen molar-refractivity contribution in [3.63, 3.8) is 0 Å². The molecular formula is C8H17NO2. The predicted molar refractivity (Wildman–Crippen MR) is 43.3 cm³/mol. The smallest absolute Gasteiger partial charge is 0.113 e. The number of aliphatic hydroxyl groups is 1. The van der Waals surface area contributed by atoms with Crippen LogP contribution in [0.15, 0.2) is 0 Å². The average Bonchev–Trinajstić information content (AvgIpc) is 1.86. The first-order chi connectivity index (χ1) is 5.02. The van der Waals surface area contributed by atoms with Crippen molar-refractivity contribution in [3.05, 3.63) is 0 Å². The highest BCUT2D eigenvalue weighted by molar-refractivity contribution is 4.78. The van der Waals surface area contributed by atoms with Crippen molar-refractivity contribution >= 4 is 0 Å². The summed E-state index contributed by atoms with van der Waals surface area (Å²) in [6, 6.07) is 0.323. The molecule has 0 aliphatic carbocycles. The molecule has 1 aliphatic rings. The van der Waals surface area contributed by atoms with Crippen molar-refractivity contribution in [3.8, 4) is 0 Å². The lowest BCUT2D eigenvalue weighted by atomic mass is 10.1. The third-order valence-corrected chi connectivity index (χ3v) is 2.07. The highest BCUT2D eigenvalue weighted by atomic mass is 16.5. The zero-order valence-electron chi connectivity index (χ0n) is 7.50. The van der Waals surface area contributed by atoms with Gasteiger partial charge in [-0.2, -0.15) is 0 Å². The van der Waals surface area contributed by atoms with Gasteiger partial charge in [-0.15, -0.1) is 0 Å². The van der Waals surface area contributed by atoms with Crippen molar-refractivity contribution in [1.82, 2.24) is 4.90 Å². The first-order valence-electron chi connectivity index (χ1n) is 4.08. The maximum Gasteiger partial charge on any atom is 0.113 e. The Kier molecular flexibility index (Phi) is 2.52. The average molecular weight is 159 g/mol. The van der Waals surface area contributed by atoms with Crippen LogP contribution < -0.4 is 0 Å². The molecule has 1 heterocycles. The molecule has 0 spiro atoms. The second-order valence-corrected chi connectivity index (χ2v) is 3.61. The molecule has 1 fully saturated rings. The minimum absolute atomic E-state index is 0.323. The van der Waals surface area contributed by atoms with Gasteiger partial charge in [0.25, 0.3) is 0 Å². The van der Waals surface area contributed by atoms with Crippen molar-refractivity contribution in [2.45, 2.75) is 32.5 Å². The summed E-state index contributed by atoms with van der Waals surface area (Å²) < 4.78 is 5.25. The second kappa shape index (κ2) is 3.09. The van der Waals surface area contributed by atoms with Crippen LogP contribution in [0.1, 0.15) is 20.8 Å². The van der Waals surface area contributed by atoms with E-state index in [2.05, 4.69) is 11.8 Å². The molecule has 66 valence electrons. The summed E-state index contributed by atoms with van der Waals surface area (Å²) in [4.78, 5) is 2.05. The molecular weight excluding hydrogens is 142 g/mol. The van der Waals surface area contributed by atoms with Crippen LogP contribution in [0.5, 0.6) is 0 Å². The molecule has 0 amide bonds. The lowest BCUT2D eigenvalue weighted by Crippen LogP contribution is -2.54. The Morgan fingerprint density at radius 3 is 2.55 bits per heavy atom. The Labute approximate surface area is 68.0 Å². The van der Waals surface area contributed by atoms with E-state index in [0.29, 0.717) is 6.04 Å². The van der Waals surface area contributed by atoms with Gasteiger partial charge in [-0.25, -0.2) is 0 Å². The van der Waals surface area contributed by atoms with E-state index in [1.807, 2.05) is 13.8 Å². The van der Waals surface area contributed by atoms with Gasteiger partial charge in [0.05, 0.1) is 13.2 Å². The van der Waals surface area contributed by atoms with Crippen LogP contribution in [0.25, 0.3) is 0 Å². The third-order valence-electron chi connectivity index (χ3n) is 2.07. The van der Waals surface area contributed by atoms with Crippen molar-refractivity contribution in [2.75, 3.05) is 19.8 Å². The van der Waals surface area contributed by atoms with Gasteiger partial charge >= 0.3 is 0 Å². The molecule has 11 heavy (non-hydrogen) atoms. The molecule has 0 aromatic carbocycles. The fraction of sp³-hybridized carbons (Fsp3) is 1.00. The summed E-state index contributed by atoms with van der Waals surface area (Å²) in [5.74, 6) is 0. The van der Waals surface area contributed by atoms with Gasteiger partial charge in [-0.3, -0.25) is 4.90 Å². The molecule has 0 aromatic heterocycles. The Morgan fingerprint density at radius 1 is 1.55 bits per heavy atom. The first kappa shape index (κ1) is 8.97. The highest BCUT2D eigenvalue weighted by Gasteiger charge is 2.30. The van der Waals surface area contributed by atoms with Gasteiger partial charge in [0.1, 0.15) is 5.72 Å². The van der Waals surface area contributed by atoms with Crippen molar-refractivity contribution < 1.29 is 9.84 Å². The topological polar surface area (TPSA) is 32.7 Å². The van der Waals surface area contributed by atoms with E-state index in [4.69, 9.17) is 4.74 Å². The molecule has 3 nitrogen and oxygen atoms in total. The van der Waals surface area contributed by atoms with Crippen molar-refractivity contribution in [2.24, 2.45) is 0 Å². The Balaban J connectivity index is 2.55. The van der Waals surface area contributed by atoms with Crippen LogP contribution in [0.2, 0.25) is 0 Å². The summed E-state index contributed by atoms with van der Waals surface area (Å²) >= 11 is 0. The van der Waals surface area contributed by atoms with Crippen LogP contribution >= 0.6 is 0 Å². The molecule has 0 unspecified atom stereocenters. The van der Waals surface area contributed by atoms with E-state index in [0.717, 1.165) is 19.8 Å². The number of rotatable bonds is 1. The summed E-state index contributed by atoms with van der Waals surface area (Å²) in [5, 5.41) is 9.68. The number of hydrogen-bond donors (Lipinski definition) is 1. The third kappa shape index (κ3) is 2.15. The molecule has 0 radical (unpaired) electrons.